The Labute approximate surface area is 105 Å². The van der Waals surface area contributed by atoms with Crippen molar-refractivity contribution in [2.75, 3.05) is 0 Å². The smallest absolute Gasteiger partial charge is 0.423 e. The number of carbonyl (C=O) groups is 1. The van der Waals surface area contributed by atoms with Crippen molar-refractivity contribution in [1.29, 1.82) is 0 Å². The largest absolute Gasteiger partial charge is 0.492 e. The molecule has 90 valence electrons. The highest BCUT2D eigenvalue weighted by molar-refractivity contribution is 6.59. The van der Waals surface area contributed by atoms with E-state index in [-0.39, 0.29) is 11.2 Å². The van der Waals surface area contributed by atoms with Crippen LogP contribution in [-0.4, -0.2) is 23.1 Å². The Bertz CT molecular complexity index is 540. The molecule has 5 heteroatoms. The van der Waals surface area contributed by atoms with E-state index in [1.165, 1.54) is 12.1 Å². The molecular weight excluding hydrogens is 231 g/mol. The van der Waals surface area contributed by atoms with Crippen molar-refractivity contribution in [1.82, 2.24) is 0 Å². The summed E-state index contributed by atoms with van der Waals surface area (Å²) >= 11 is 0. The Hall–Kier alpha value is -2.11. The minimum absolute atomic E-state index is 0.140. The summed E-state index contributed by atoms with van der Waals surface area (Å²) in [6, 6.07) is 14.8. The van der Waals surface area contributed by atoms with Crippen LogP contribution < -0.4 is 10.2 Å². The van der Waals surface area contributed by atoms with Crippen molar-refractivity contribution in [3.8, 4) is 5.75 Å². The van der Waals surface area contributed by atoms with Gasteiger partial charge in [0.2, 0.25) is 0 Å². The molecule has 0 aliphatic rings. The molecule has 4 nitrogen and oxygen atoms in total. The molecule has 0 heterocycles. The Morgan fingerprint density at radius 1 is 0.944 bits per heavy atom. The first kappa shape index (κ1) is 12.4. The van der Waals surface area contributed by atoms with Gasteiger partial charge >= 0.3 is 13.1 Å². The van der Waals surface area contributed by atoms with Gasteiger partial charge in [-0.2, -0.15) is 0 Å². The molecule has 2 aromatic carbocycles. The molecule has 0 unspecified atom stereocenters. The molecule has 18 heavy (non-hydrogen) atoms. The molecule has 2 aromatic rings. The number of para-hydroxylation sites is 1. The highest BCUT2D eigenvalue weighted by atomic mass is 16.5. The average Bonchev–Trinajstić information content (AvgIpc) is 2.40. The van der Waals surface area contributed by atoms with E-state index in [1.54, 1.807) is 42.5 Å². The van der Waals surface area contributed by atoms with E-state index < -0.39 is 13.1 Å². The second-order valence-electron chi connectivity index (χ2n) is 3.67. The molecule has 0 atom stereocenters. The Morgan fingerprint density at radius 3 is 2.22 bits per heavy atom. The maximum Gasteiger partial charge on any atom is 0.492 e. The summed E-state index contributed by atoms with van der Waals surface area (Å²) in [7, 11) is -1.68. The fraction of sp³-hybridized carbons (Fsp3) is 0. The number of rotatable bonds is 3. The van der Waals surface area contributed by atoms with E-state index in [0.717, 1.165) is 0 Å². The van der Waals surface area contributed by atoms with Crippen LogP contribution in [0.2, 0.25) is 0 Å². The van der Waals surface area contributed by atoms with Gasteiger partial charge in [0.1, 0.15) is 5.75 Å². The minimum Gasteiger partial charge on any atom is -0.423 e. The summed E-state index contributed by atoms with van der Waals surface area (Å²) in [5.74, 6) is -0.398. The van der Waals surface area contributed by atoms with Crippen LogP contribution in [0.4, 0.5) is 0 Å². The second-order valence-corrected chi connectivity index (χ2v) is 3.67. The van der Waals surface area contributed by atoms with Crippen molar-refractivity contribution in [3.05, 3.63) is 60.2 Å². The Morgan fingerprint density at radius 2 is 1.56 bits per heavy atom. The van der Waals surface area contributed by atoms with E-state index in [1.807, 2.05) is 0 Å². The highest BCUT2D eigenvalue weighted by Crippen LogP contribution is 2.10. The summed E-state index contributed by atoms with van der Waals surface area (Å²) in [6.07, 6.45) is 0. The van der Waals surface area contributed by atoms with Crippen LogP contribution in [0.25, 0.3) is 0 Å². The molecular formula is C13H11BO4. The van der Waals surface area contributed by atoms with Crippen LogP contribution in [0, 0.1) is 0 Å². The van der Waals surface area contributed by atoms with Gasteiger partial charge in [-0.05, 0) is 18.2 Å². The summed E-state index contributed by atoms with van der Waals surface area (Å²) in [5.41, 5.74) is 0.557. The summed E-state index contributed by atoms with van der Waals surface area (Å²) in [6.45, 7) is 0. The summed E-state index contributed by atoms with van der Waals surface area (Å²) in [4.78, 5) is 11.8. The lowest BCUT2D eigenvalue weighted by Crippen LogP contribution is -2.32. The summed E-state index contributed by atoms with van der Waals surface area (Å²) < 4.78 is 5.13. The quantitative estimate of drug-likeness (QED) is 0.469. The molecule has 0 spiro atoms. The van der Waals surface area contributed by atoms with Crippen LogP contribution in [-0.2, 0) is 0 Å². The molecule has 0 bridgehead atoms. The van der Waals surface area contributed by atoms with Crippen molar-refractivity contribution in [3.63, 3.8) is 0 Å². The van der Waals surface area contributed by atoms with Gasteiger partial charge in [-0.15, -0.1) is 0 Å². The lowest BCUT2D eigenvalue weighted by Gasteiger charge is -2.09. The fourth-order valence-corrected chi connectivity index (χ4v) is 1.52. The Kier molecular flexibility index (Phi) is 3.77. The zero-order chi connectivity index (χ0) is 13.0. The maximum atomic E-state index is 11.8. The first-order chi connectivity index (χ1) is 8.68. The van der Waals surface area contributed by atoms with Gasteiger partial charge in [0, 0.05) is 5.46 Å². The standard InChI is InChI=1S/C13H11BO4/c15-13(10-6-2-1-3-7-10)18-12-9-5-4-8-11(12)14(16)17/h1-9,16-17H. The molecule has 0 fully saturated rings. The van der Waals surface area contributed by atoms with E-state index >= 15 is 0 Å². The van der Waals surface area contributed by atoms with E-state index in [9.17, 15) is 4.79 Å². The molecule has 2 N–H and O–H groups in total. The molecule has 0 saturated heterocycles. The van der Waals surface area contributed by atoms with Crippen molar-refractivity contribution in [2.24, 2.45) is 0 Å². The van der Waals surface area contributed by atoms with Gasteiger partial charge in [-0.3, -0.25) is 0 Å². The predicted octanol–water partition coefficient (Wildman–Crippen LogP) is 0.586. The average molecular weight is 242 g/mol. The zero-order valence-electron chi connectivity index (χ0n) is 9.48. The lowest BCUT2D eigenvalue weighted by molar-refractivity contribution is 0.0736. The topological polar surface area (TPSA) is 66.8 Å². The highest BCUT2D eigenvalue weighted by Gasteiger charge is 2.18. The number of esters is 1. The second kappa shape index (κ2) is 5.49. The molecule has 2 rings (SSSR count). The van der Waals surface area contributed by atoms with Crippen LogP contribution in [0.1, 0.15) is 10.4 Å². The number of hydrogen-bond donors (Lipinski definition) is 2. The van der Waals surface area contributed by atoms with Crippen molar-refractivity contribution < 1.29 is 19.6 Å². The van der Waals surface area contributed by atoms with Crippen LogP contribution in [0.5, 0.6) is 5.75 Å². The van der Waals surface area contributed by atoms with E-state index in [0.29, 0.717) is 5.56 Å². The van der Waals surface area contributed by atoms with E-state index in [4.69, 9.17) is 14.8 Å². The van der Waals surface area contributed by atoms with Gasteiger partial charge < -0.3 is 14.8 Å². The molecule has 0 saturated carbocycles. The molecule has 0 radical (unpaired) electrons. The predicted molar refractivity (Wildman–Crippen MR) is 67.7 cm³/mol. The Balaban J connectivity index is 2.22. The number of hydrogen-bond acceptors (Lipinski definition) is 4. The molecule has 0 amide bonds. The molecule has 0 aromatic heterocycles. The first-order valence-corrected chi connectivity index (χ1v) is 5.41. The first-order valence-electron chi connectivity index (χ1n) is 5.41. The number of carbonyl (C=O) groups excluding carboxylic acids is 1. The number of benzene rings is 2. The van der Waals surface area contributed by atoms with Gasteiger partial charge in [-0.25, -0.2) is 4.79 Å². The van der Waals surface area contributed by atoms with Gasteiger partial charge in [0.15, 0.2) is 0 Å². The van der Waals surface area contributed by atoms with Gasteiger partial charge in [-0.1, -0.05) is 36.4 Å². The van der Waals surface area contributed by atoms with Crippen molar-refractivity contribution >= 4 is 18.6 Å². The zero-order valence-corrected chi connectivity index (χ0v) is 9.48. The lowest BCUT2D eigenvalue weighted by atomic mass is 9.79. The molecule has 0 aliphatic carbocycles. The third kappa shape index (κ3) is 2.77. The van der Waals surface area contributed by atoms with E-state index in [2.05, 4.69) is 0 Å². The maximum absolute atomic E-state index is 11.8. The number of ether oxygens (including phenoxy) is 1. The van der Waals surface area contributed by atoms with Crippen LogP contribution in [0.3, 0.4) is 0 Å². The monoisotopic (exact) mass is 242 g/mol. The third-order valence-electron chi connectivity index (χ3n) is 2.41. The van der Waals surface area contributed by atoms with Gasteiger partial charge in [0.25, 0.3) is 0 Å². The SMILES string of the molecule is O=C(Oc1ccccc1B(O)O)c1ccccc1. The van der Waals surface area contributed by atoms with Crippen LogP contribution in [0.15, 0.2) is 54.6 Å². The fourth-order valence-electron chi connectivity index (χ4n) is 1.52. The third-order valence-corrected chi connectivity index (χ3v) is 2.41. The van der Waals surface area contributed by atoms with Gasteiger partial charge in [0.05, 0.1) is 5.56 Å². The summed E-state index contributed by atoms with van der Waals surface area (Å²) in [5, 5.41) is 18.3. The normalized spacial score (nSPS) is 9.89. The molecule has 0 aliphatic heterocycles. The minimum atomic E-state index is -1.68. The van der Waals surface area contributed by atoms with Crippen LogP contribution >= 0.6 is 0 Å². The van der Waals surface area contributed by atoms with Crippen molar-refractivity contribution in [2.45, 2.75) is 0 Å².